The molecule has 0 saturated heterocycles. The molecule has 0 saturated carbocycles. The maximum atomic E-state index is 5.04. The molecule has 0 N–H and O–H groups in total. The molecule has 4 nitrogen and oxygen atoms in total. The molecule has 0 unspecified atom stereocenters. The van der Waals surface area contributed by atoms with Gasteiger partial charge in [0.15, 0.2) is 0 Å². The van der Waals surface area contributed by atoms with Crippen LogP contribution < -0.4 is 35.4 Å². The predicted molar refractivity (Wildman–Crippen MR) is 190 cm³/mol. The van der Waals surface area contributed by atoms with Gasteiger partial charge in [0.2, 0.25) is 22.4 Å². The van der Waals surface area contributed by atoms with E-state index in [4.69, 9.17) is 9.97 Å². The van der Waals surface area contributed by atoms with Crippen LogP contribution in [-0.2, 0) is 0 Å². The minimum Gasteiger partial charge on any atom is -0.371 e. The average Bonchev–Trinajstić information content (AvgIpc) is 3.14. The van der Waals surface area contributed by atoms with Crippen LogP contribution in [0.4, 0.5) is 5.95 Å². The molecule has 0 radical (unpaired) electrons. The van der Waals surface area contributed by atoms with Crippen LogP contribution in [0.5, 0.6) is 0 Å². The third-order valence-electron chi connectivity index (χ3n) is 8.50. The molecule has 7 aromatic rings. The molecule has 0 amide bonds. The highest BCUT2D eigenvalue weighted by Gasteiger charge is 2.59. The van der Waals surface area contributed by atoms with Crippen molar-refractivity contribution in [1.82, 2.24) is 15.0 Å². The van der Waals surface area contributed by atoms with Crippen molar-refractivity contribution >= 4 is 53.5 Å². The first-order valence-corrected chi connectivity index (χ1v) is 19.0. The molecule has 45 heavy (non-hydrogen) atoms. The monoisotopic (exact) mass is 612 g/mol. The maximum absolute atomic E-state index is 5.04. The van der Waals surface area contributed by atoms with E-state index in [1.807, 2.05) is 0 Å². The Hall–Kier alpha value is -5.44. The molecule has 6 aromatic carbocycles. The summed E-state index contributed by atoms with van der Waals surface area (Å²) in [5.74, 6) is 0.663. The number of hydrogen-bond acceptors (Lipinski definition) is 4. The average molecular weight is 613 g/mol. The van der Waals surface area contributed by atoms with Crippen molar-refractivity contribution < 1.29 is 0 Å². The highest BCUT2D eigenvalue weighted by Crippen LogP contribution is 2.27. The number of aromatic nitrogens is 3. The van der Waals surface area contributed by atoms with Crippen molar-refractivity contribution in [3.8, 4) is 0 Å². The number of rotatable bonds is 9. The van der Waals surface area contributed by atoms with Crippen molar-refractivity contribution in [2.45, 2.75) is 0 Å². The summed E-state index contributed by atoms with van der Waals surface area (Å²) < 4.78 is 2.70. The van der Waals surface area contributed by atoms with E-state index < -0.39 is 16.5 Å². The lowest BCUT2D eigenvalue weighted by Crippen LogP contribution is -2.91. The summed E-state index contributed by atoms with van der Waals surface area (Å²) in [6.07, 6.45) is 3.27. The molecule has 1 heterocycles. The van der Waals surface area contributed by atoms with E-state index in [1.165, 1.54) is 31.1 Å². The molecule has 0 fully saturated rings. The van der Waals surface area contributed by atoms with Crippen molar-refractivity contribution in [2.75, 3.05) is 4.23 Å². The predicted octanol–water partition coefficient (Wildman–Crippen LogP) is 4.01. The van der Waals surface area contributed by atoms with E-state index in [1.54, 1.807) is 12.7 Å². The Kier molecular flexibility index (Phi) is 7.97. The third kappa shape index (κ3) is 4.90. The molecule has 0 bridgehead atoms. The number of benzene rings is 6. The van der Waals surface area contributed by atoms with Gasteiger partial charge in [-0.3, -0.25) is 0 Å². The van der Waals surface area contributed by atoms with Gasteiger partial charge in [0, 0.05) is 0 Å². The third-order valence-corrected chi connectivity index (χ3v) is 19.3. The number of nitrogens with zero attached hydrogens (tertiary/aromatic N) is 4. The van der Waals surface area contributed by atoms with Crippen molar-refractivity contribution in [3.05, 3.63) is 195 Å². The van der Waals surface area contributed by atoms with Gasteiger partial charge in [-0.15, -0.1) is 0 Å². The molecule has 216 valence electrons. The van der Waals surface area contributed by atoms with E-state index >= 15 is 0 Å². The first kappa shape index (κ1) is 28.3. The topological polar surface area (TPSA) is 41.9 Å². The molecule has 6 heteroatoms. The summed E-state index contributed by atoms with van der Waals surface area (Å²) in [5.41, 5.74) is 0. The Labute approximate surface area is 266 Å². The van der Waals surface area contributed by atoms with Gasteiger partial charge in [-0.05, 0) is 31.1 Å². The Morgan fingerprint density at radius 3 is 0.756 bits per heavy atom. The molecule has 0 aliphatic carbocycles. The lowest BCUT2D eigenvalue weighted by molar-refractivity contribution is 1.03. The van der Waals surface area contributed by atoms with Gasteiger partial charge in [-0.1, -0.05) is 182 Å². The number of hydrogen-bond donors (Lipinski definition) is 0. The van der Waals surface area contributed by atoms with Crippen LogP contribution in [0.1, 0.15) is 0 Å². The molecular weight excluding hydrogens is 581 g/mol. The Morgan fingerprint density at radius 2 is 0.533 bits per heavy atom. The van der Waals surface area contributed by atoms with Gasteiger partial charge < -0.3 is 4.23 Å². The van der Waals surface area contributed by atoms with Crippen LogP contribution in [0.2, 0.25) is 0 Å². The van der Waals surface area contributed by atoms with E-state index in [9.17, 15) is 0 Å². The van der Waals surface area contributed by atoms with Crippen molar-refractivity contribution in [3.63, 3.8) is 0 Å². The van der Waals surface area contributed by atoms with Crippen molar-refractivity contribution in [2.24, 2.45) is 0 Å². The molecule has 0 spiro atoms. The quantitative estimate of drug-likeness (QED) is 0.183. The zero-order valence-corrected chi connectivity index (χ0v) is 26.8. The van der Waals surface area contributed by atoms with Crippen molar-refractivity contribution in [1.29, 1.82) is 0 Å². The fourth-order valence-electron chi connectivity index (χ4n) is 6.75. The minimum absolute atomic E-state index is 0.663. The summed E-state index contributed by atoms with van der Waals surface area (Å²) >= 11 is 0. The Morgan fingerprint density at radius 1 is 0.311 bits per heavy atom. The second kappa shape index (κ2) is 12.7. The van der Waals surface area contributed by atoms with Gasteiger partial charge in [-0.25, -0.2) is 15.0 Å². The summed E-state index contributed by atoms with van der Waals surface area (Å²) in [4.78, 5) is 14.4. The van der Waals surface area contributed by atoms with E-state index in [-0.39, 0.29) is 0 Å². The van der Waals surface area contributed by atoms with Gasteiger partial charge >= 0.3 is 0 Å². The first-order valence-electron chi connectivity index (χ1n) is 15.1. The van der Waals surface area contributed by atoms with Crippen LogP contribution in [0.25, 0.3) is 0 Å². The Balaban J connectivity index is 1.77. The van der Waals surface area contributed by atoms with Gasteiger partial charge in [0.05, 0.1) is 0 Å². The van der Waals surface area contributed by atoms with Crippen LogP contribution in [0.15, 0.2) is 195 Å². The smallest absolute Gasteiger partial charge is 0.248 e. The van der Waals surface area contributed by atoms with Crippen LogP contribution >= 0.6 is 0 Å². The second-order valence-corrected chi connectivity index (χ2v) is 18.5. The maximum Gasteiger partial charge on any atom is 0.248 e. The van der Waals surface area contributed by atoms with E-state index in [0.717, 1.165) is 0 Å². The molecule has 1 aromatic heterocycles. The fraction of sp³-hybridized carbons (Fsp3) is 0. The Bertz CT molecular complexity index is 1610. The van der Waals surface area contributed by atoms with Gasteiger partial charge in [0.1, 0.15) is 12.7 Å². The number of anilines is 1. The minimum atomic E-state index is -3.24. The highest BCUT2D eigenvalue weighted by molar-refractivity contribution is 7.29. The molecule has 7 rings (SSSR count). The molecular formula is C39H32N4Si2. The van der Waals surface area contributed by atoms with E-state index in [0.29, 0.717) is 5.95 Å². The molecule has 0 atom stereocenters. The summed E-state index contributed by atoms with van der Waals surface area (Å²) in [6.45, 7) is 0. The molecule has 0 aliphatic heterocycles. The van der Waals surface area contributed by atoms with Crippen LogP contribution in [0.3, 0.4) is 0 Å². The summed E-state index contributed by atoms with van der Waals surface area (Å²) in [5, 5.41) is 7.51. The lowest BCUT2D eigenvalue weighted by Gasteiger charge is -2.53. The lowest BCUT2D eigenvalue weighted by atomic mass is 10.3. The van der Waals surface area contributed by atoms with Crippen LogP contribution in [-0.4, -0.2) is 31.4 Å². The fourth-order valence-corrected chi connectivity index (χ4v) is 19.5. The highest BCUT2D eigenvalue weighted by atomic mass is 28.4. The van der Waals surface area contributed by atoms with Gasteiger partial charge in [-0.2, -0.15) is 0 Å². The zero-order chi connectivity index (χ0) is 30.4. The normalized spacial score (nSPS) is 11.6. The standard InChI is InChI=1S/C39H32N4Si2/c1-7-19-33(20-8-1)44(34-21-9-2-10-22-34,35-23-11-3-12-24-35)43(39-41-31-40-32-42-39)45(36-25-13-4-14-26-36,37-27-15-5-16-28-37)38-29-17-6-18-30-38/h1-32H. The largest absolute Gasteiger partial charge is 0.371 e. The molecule has 0 aliphatic rings. The first-order chi connectivity index (χ1) is 22.4. The van der Waals surface area contributed by atoms with Crippen LogP contribution in [0, 0.1) is 0 Å². The SMILES string of the molecule is c1ccc([Si](c2ccccc2)(c2ccccc2)N(c2ncncn2)[Si](c2ccccc2)(c2ccccc2)c2ccccc2)cc1. The second-order valence-electron chi connectivity index (χ2n) is 10.9. The zero-order valence-electron chi connectivity index (χ0n) is 24.8. The van der Waals surface area contributed by atoms with Gasteiger partial charge in [0.25, 0.3) is 0 Å². The summed E-state index contributed by atoms with van der Waals surface area (Å²) in [7, 11) is -6.47. The summed E-state index contributed by atoms with van der Waals surface area (Å²) in [6, 6.07) is 66.0. The van der Waals surface area contributed by atoms with E-state index in [2.05, 4.69) is 191 Å².